The molecule has 6 heteroatoms. The summed E-state index contributed by atoms with van der Waals surface area (Å²) in [4.78, 5) is 36.0. The van der Waals surface area contributed by atoms with Gasteiger partial charge in [-0.1, -0.05) is 13.8 Å². The first-order valence-electron chi connectivity index (χ1n) is 9.00. The fraction of sp³-hybridized carbons (Fsp3) is 0.550. The highest BCUT2D eigenvalue weighted by Crippen LogP contribution is 2.29. The molecule has 0 aliphatic heterocycles. The summed E-state index contributed by atoms with van der Waals surface area (Å²) in [6.45, 7) is 9.79. The number of rotatable bonds is 9. The molecule has 0 heterocycles. The van der Waals surface area contributed by atoms with Crippen molar-refractivity contribution in [2.24, 2.45) is 0 Å². The molecule has 0 atom stereocenters. The van der Waals surface area contributed by atoms with Crippen molar-refractivity contribution in [3.8, 4) is 11.5 Å². The molecule has 0 aromatic heterocycles. The smallest absolute Gasteiger partial charge is 0.311 e. The van der Waals surface area contributed by atoms with Crippen LogP contribution in [0.25, 0.3) is 0 Å². The van der Waals surface area contributed by atoms with E-state index in [1.54, 1.807) is 6.07 Å². The largest absolute Gasteiger partial charge is 0.423 e. The maximum Gasteiger partial charge on any atom is 0.311 e. The summed E-state index contributed by atoms with van der Waals surface area (Å²) in [5.74, 6) is -0.742. The average Bonchev–Trinajstić information content (AvgIpc) is 2.54. The second-order valence-corrected chi connectivity index (χ2v) is 7.14. The van der Waals surface area contributed by atoms with Crippen molar-refractivity contribution in [2.75, 3.05) is 6.54 Å². The molecular formula is C20H29NO5. The minimum absolute atomic E-state index is 0.0921. The number of Topliss-reactive ketones (excluding diaryl/α,β-unsaturated/α-hetero) is 1. The molecular weight excluding hydrogens is 334 g/mol. The highest BCUT2D eigenvalue weighted by Gasteiger charge is 2.18. The molecule has 26 heavy (non-hydrogen) atoms. The average molecular weight is 363 g/mol. The second-order valence-electron chi connectivity index (χ2n) is 7.14. The Kier molecular flexibility index (Phi) is 8.45. The van der Waals surface area contributed by atoms with Crippen LogP contribution in [0.15, 0.2) is 18.2 Å². The van der Waals surface area contributed by atoms with Gasteiger partial charge in [0.25, 0.3) is 0 Å². The Balaban J connectivity index is 3.02. The van der Waals surface area contributed by atoms with Crippen LogP contribution in [-0.2, 0) is 9.59 Å². The lowest BCUT2D eigenvalue weighted by atomic mass is 10.1. The first-order chi connectivity index (χ1) is 12.2. The standard InChI is InChI=1S/C20H29NO5/c1-6-8-18(23)25-16-11-10-14(15(22)13-21-20(3,4)5)12-17(16)26-19(24)9-7-2/h10-12,21H,6-9,13H2,1-5H3. The molecule has 0 radical (unpaired) electrons. The van der Waals surface area contributed by atoms with Crippen LogP contribution >= 0.6 is 0 Å². The van der Waals surface area contributed by atoms with Crippen LogP contribution in [0.2, 0.25) is 0 Å². The molecule has 0 amide bonds. The van der Waals surface area contributed by atoms with Crippen molar-refractivity contribution in [2.45, 2.75) is 65.8 Å². The van der Waals surface area contributed by atoms with Crippen molar-refractivity contribution < 1.29 is 23.9 Å². The Bertz CT molecular complexity index is 646. The molecule has 0 saturated carbocycles. The van der Waals surface area contributed by atoms with E-state index in [1.165, 1.54) is 12.1 Å². The maximum absolute atomic E-state index is 12.4. The molecule has 0 bridgehead atoms. The van der Waals surface area contributed by atoms with Crippen LogP contribution in [0, 0.1) is 0 Å². The van der Waals surface area contributed by atoms with Crippen molar-refractivity contribution in [3.05, 3.63) is 23.8 Å². The lowest BCUT2D eigenvalue weighted by Crippen LogP contribution is -2.39. The minimum atomic E-state index is -0.433. The van der Waals surface area contributed by atoms with E-state index in [0.29, 0.717) is 18.4 Å². The molecule has 0 fully saturated rings. The fourth-order valence-corrected chi connectivity index (χ4v) is 2.05. The summed E-state index contributed by atoms with van der Waals surface area (Å²) in [5.41, 5.74) is 0.193. The van der Waals surface area contributed by atoms with Gasteiger partial charge < -0.3 is 14.8 Å². The highest BCUT2D eigenvalue weighted by molar-refractivity contribution is 5.98. The number of carbonyl (C=O) groups is 3. The van der Waals surface area contributed by atoms with Gasteiger partial charge in [-0.25, -0.2) is 0 Å². The number of carbonyl (C=O) groups excluding carboxylic acids is 3. The summed E-state index contributed by atoms with van der Waals surface area (Å²) < 4.78 is 10.6. The fourth-order valence-electron chi connectivity index (χ4n) is 2.05. The SMILES string of the molecule is CCCC(=O)Oc1ccc(C(=O)CNC(C)(C)C)cc1OC(=O)CCC. The summed E-state index contributed by atoms with van der Waals surface area (Å²) in [6.07, 6.45) is 1.79. The molecule has 0 spiro atoms. The van der Waals surface area contributed by atoms with Gasteiger partial charge in [-0.05, 0) is 51.8 Å². The van der Waals surface area contributed by atoms with E-state index in [0.717, 1.165) is 0 Å². The predicted octanol–water partition coefficient (Wildman–Crippen LogP) is 3.67. The van der Waals surface area contributed by atoms with Crippen LogP contribution in [0.4, 0.5) is 0 Å². The van der Waals surface area contributed by atoms with E-state index in [4.69, 9.17) is 9.47 Å². The molecule has 6 nitrogen and oxygen atoms in total. The minimum Gasteiger partial charge on any atom is -0.423 e. The van der Waals surface area contributed by atoms with Gasteiger partial charge in [0.05, 0.1) is 6.54 Å². The third kappa shape index (κ3) is 7.78. The molecule has 0 aliphatic rings. The zero-order valence-corrected chi connectivity index (χ0v) is 16.3. The Hall–Kier alpha value is -2.21. The quantitative estimate of drug-likeness (QED) is 0.409. The Morgan fingerprint density at radius 3 is 1.96 bits per heavy atom. The van der Waals surface area contributed by atoms with Gasteiger partial charge in [0, 0.05) is 23.9 Å². The van der Waals surface area contributed by atoms with Crippen molar-refractivity contribution in [3.63, 3.8) is 0 Å². The lowest BCUT2D eigenvalue weighted by molar-refractivity contribution is -0.137. The number of hydrogen-bond acceptors (Lipinski definition) is 6. The van der Waals surface area contributed by atoms with Gasteiger partial charge in [-0.15, -0.1) is 0 Å². The van der Waals surface area contributed by atoms with Gasteiger partial charge in [0.15, 0.2) is 17.3 Å². The van der Waals surface area contributed by atoms with E-state index in [1.807, 2.05) is 34.6 Å². The Labute approximate surface area is 155 Å². The summed E-state index contributed by atoms with van der Waals surface area (Å²) >= 11 is 0. The van der Waals surface area contributed by atoms with Crippen LogP contribution in [-0.4, -0.2) is 29.8 Å². The van der Waals surface area contributed by atoms with Gasteiger partial charge >= 0.3 is 11.9 Å². The topological polar surface area (TPSA) is 81.7 Å². The molecule has 1 aromatic rings. The van der Waals surface area contributed by atoms with Crippen molar-refractivity contribution in [1.82, 2.24) is 5.32 Å². The zero-order chi connectivity index (χ0) is 19.7. The van der Waals surface area contributed by atoms with E-state index in [2.05, 4.69) is 5.32 Å². The van der Waals surface area contributed by atoms with Gasteiger partial charge in [-0.3, -0.25) is 14.4 Å². The molecule has 1 N–H and O–H groups in total. The van der Waals surface area contributed by atoms with Crippen molar-refractivity contribution in [1.29, 1.82) is 0 Å². The lowest BCUT2D eigenvalue weighted by Gasteiger charge is -2.20. The molecule has 1 rings (SSSR count). The van der Waals surface area contributed by atoms with Gasteiger partial charge in [0.2, 0.25) is 0 Å². The van der Waals surface area contributed by atoms with Gasteiger partial charge in [0.1, 0.15) is 0 Å². The summed E-state index contributed by atoms with van der Waals surface area (Å²) in [7, 11) is 0. The first kappa shape index (κ1) is 21.8. The Morgan fingerprint density at radius 1 is 0.923 bits per heavy atom. The zero-order valence-electron chi connectivity index (χ0n) is 16.3. The highest BCUT2D eigenvalue weighted by atomic mass is 16.6. The van der Waals surface area contributed by atoms with E-state index >= 15 is 0 Å². The number of ether oxygens (including phenoxy) is 2. The third-order valence-electron chi connectivity index (χ3n) is 3.40. The molecule has 144 valence electrons. The second kappa shape index (κ2) is 10.1. The number of benzene rings is 1. The predicted molar refractivity (Wildman–Crippen MR) is 99.6 cm³/mol. The van der Waals surface area contributed by atoms with Crippen LogP contribution in [0.5, 0.6) is 11.5 Å². The van der Waals surface area contributed by atoms with E-state index in [9.17, 15) is 14.4 Å². The number of nitrogens with one attached hydrogen (secondary N) is 1. The normalized spacial score (nSPS) is 11.1. The van der Waals surface area contributed by atoms with E-state index in [-0.39, 0.29) is 42.2 Å². The summed E-state index contributed by atoms with van der Waals surface area (Å²) in [6, 6.07) is 4.51. The molecule has 0 saturated heterocycles. The summed E-state index contributed by atoms with van der Waals surface area (Å²) in [5, 5.41) is 3.12. The van der Waals surface area contributed by atoms with Gasteiger partial charge in [-0.2, -0.15) is 0 Å². The van der Waals surface area contributed by atoms with Crippen LogP contribution in [0.3, 0.4) is 0 Å². The van der Waals surface area contributed by atoms with Crippen molar-refractivity contribution >= 4 is 17.7 Å². The molecule has 1 aromatic carbocycles. The first-order valence-corrected chi connectivity index (χ1v) is 9.00. The maximum atomic E-state index is 12.4. The number of esters is 2. The molecule has 0 aliphatic carbocycles. The number of ketones is 1. The van der Waals surface area contributed by atoms with Crippen LogP contribution in [0.1, 0.15) is 70.7 Å². The van der Waals surface area contributed by atoms with E-state index < -0.39 is 11.9 Å². The van der Waals surface area contributed by atoms with Crippen LogP contribution < -0.4 is 14.8 Å². The Morgan fingerprint density at radius 2 is 1.46 bits per heavy atom. The monoisotopic (exact) mass is 363 g/mol. The number of hydrogen-bond donors (Lipinski definition) is 1. The third-order valence-corrected chi connectivity index (χ3v) is 3.40. The molecule has 0 unspecified atom stereocenters.